The lowest BCUT2D eigenvalue weighted by Crippen LogP contribution is -3.19. The molecular weight excluding hydrogens is 362 g/mol. The first kappa shape index (κ1) is 19.3. The maximum Gasteiger partial charge on any atom is 0.284 e. The van der Waals surface area contributed by atoms with Gasteiger partial charge < -0.3 is 14.7 Å². The topological polar surface area (TPSA) is 53.8 Å². The molecule has 0 bridgehead atoms. The summed E-state index contributed by atoms with van der Waals surface area (Å²) >= 11 is 0. The number of carbonyl (C=O) groups excluding carboxylic acids is 1. The van der Waals surface area contributed by atoms with Crippen molar-refractivity contribution in [2.24, 2.45) is 0 Å². The molecule has 6 nitrogen and oxygen atoms in total. The van der Waals surface area contributed by atoms with E-state index in [1.165, 1.54) is 4.90 Å². The van der Waals surface area contributed by atoms with Gasteiger partial charge in [-0.1, -0.05) is 36.4 Å². The van der Waals surface area contributed by atoms with Crippen molar-refractivity contribution in [1.29, 1.82) is 0 Å². The van der Waals surface area contributed by atoms with E-state index in [4.69, 9.17) is 0 Å². The van der Waals surface area contributed by atoms with Gasteiger partial charge in [0.25, 0.3) is 5.91 Å². The minimum Gasteiger partial charge on any atom is -0.330 e. The second kappa shape index (κ2) is 8.57. The molecule has 2 heterocycles. The molecule has 0 unspecified atom stereocenters. The summed E-state index contributed by atoms with van der Waals surface area (Å²) < 4.78 is 0. The molecule has 0 aliphatic carbocycles. The molecule has 29 heavy (non-hydrogen) atoms. The third kappa shape index (κ3) is 3.93. The van der Waals surface area contributed by atoms with Gasteiger partial charge in [0.1, 0.15) is 0 Å². The number of hydrogen-bond acceptors (Lipinski definition) is 4. The average Bonchev–Trinajstić information content (AvgIpc) is 2.80. The van der Waals surface area contributed by atoms with Crippen LogP contribution in [0.25, 0.3) is 10.8 Å². The number of piperazine rings is 1. The largest absolute Gasteiger partial charge is 0.330 e. The highest BCUT2D eigenvalue weighted by atomic mass is 16.2. The van der Waals surface area contributed by atoms with Gasteiger partial charge in [0, 0.05) is 24.3 Å². The molecule has 0 spiro atoms. The van der Waals surface area contributed by atoms with Crippen molar-refractivity contribution in [2.45, 2.75) is 19.9 Å². The van der Waals surface area contributed by atoms with Crippen LogP contribution in [0.1, 0.15) is 13.8 Å². The van der Waals surface area contributed by atoms with Crippen molar-refractivity contribution in [3.8, 4) is 0 Å². The van der Waals surface area contributed by atoms with Gasteiger partial charge in [-0.15, -0.1) is 0 Å². The fourth-order valence-electron chi connectivity index (χ4n) is 4.18. The minimum atomic E-state index is -0.0900. The molecule has 1 amide bonds. The van der Waals surface area contributed by atoms with Crippen molar-refractivity contribution >= 4 is 28.3 Å². The van der Waals surface area contributed by atoms with Gasteiger partial charge in [-0.2, -0.15) is 0 Å². The smallest absolute Gasteiger partial charge is 0.284 e. The molecule has 2 aromatic carbocycles. The molecule has 1 fully saturated rings. The molecule has 0 saturated carbocycles. The summed E-state index contributed by atoms with van der Waals surface area (Å²) in [5.74, 6) is 0.958. The van der Waals surface area contributed by atoms with Gasteiger partial charge in [-0.25, -0.2) is 9.97 Å². The van der Waals surface area contributed by atoms with Gasteiger partial charge in [-0.05, 0) is 31.4 Å². The zero-order valence-electron chi connectivity index (χ0n) is 17.1. The molecule has 3 aromatic rings. The monoisotopic (exact) mass is 390 g/mol. The fourth-order valence-corrected chi connectivity index (χ4v) is 4.18. The lowest BCUT2D eigenvalue weighted by Gasteiger charge is -2.36. The van der Waals surface area contributed by atoms with E-state index in [9.17, 15) is 4.79 Å². The summed E-state index contributed by atoms with van der Waals surface area (Å²) in [6.45, 7) is 8.28. The molecule has 1 aliphatic rings. The maximum atomic E-state index is 13.4. The van der Waals surface area contributed by atoms with Gasteiger partial charge in [0.05, 0.1) is 31.9 Å². The predicted octanol–water partition coefficient (Wildman–Crippen LogP) is 1.78. The van der Waals surface area contributed by atoms with Gasteiger partial charge >= 0.3 is 0 Å². The molecule has 150 valence electrons. The molecule has 1 aromatic heterocycles. The van der Waals surface area contributed by atoms with E-state index in [1.54, 1.807) is 12.4 Å². The normalized spacial score (nSPS) is 16.0. The number of carbonyl (C=O) groups is 1. The standard InChI is InChI=1S/C23H27N5O/c1-3-28(21-11-6-9-19-8-4-5-10-20(19)21)22(29)18(2)26-14-16-27(17-15-26)23-24-12-7-13-25-23/h4-13,18H,3,14-17H2,1-2H3/p+1/t18-/m0/s1. The third-order valence-electron chi connectivity index (χ3n) is 5.86. The van der Waals surface area contributed by atoms with Gasteiger partial charge in [0.2, 0.25) is 5.95 Å². The third-order valence-corrected chi connectivity index (χ3v) is 5.86. The van der Waals surface area contributed by atoms with Crippen molar-refractivity contribution < 1.29 is 9.69 Å². The number of likely N-dealkylation sites (N-methyl/N-ethyl adjacent to an activating group) is 1. The Morgan fingerprint density at radius 3 is 2.48 bits per heavy atom. The fraction of sp³-hybridized carbons (Fsp3) is 0.348. The first-order valence-corrected chi connectivity index (χ1v) is 10.3. The molecule has 0 radical (unpaired) electrons. The Bertz CT molecular complexity index is 964. The Morgan fingerprint density at radius 2 is 1.76 bits per heavy atom. The molecule has 1 atom stereocenters. The van der Waals surface area contributed by atoms with E-state index in [0.29, 0.717) is 6.54 Å². The first-order valence-electron chi connectivity index (χ1n) is 10.3. The van der Waals surface area contributed by atoms with Crippen LogP contribution in [0.3, 0.4) is 0 Å². The van der Waals surface area contributed by atoms with Crippen LogP contribution in [0.2, 0.25) is 0 Å². The van der Waals surface area contributed by atoms with Gasteiger partial charge in [0.15, 0.2) is 6.04 Å². The summed E-state index contributed by atoms with van der Waals surface area (Å²) in [6.07, 6.45) is 3.55. The average molecular weight is 391 g/mol. The number of amides is 1. The van der Waals surface area contributed by atoms with E-state index in [1.807, 2.05) is 36.1 Å². The molecule has 4 rings (SSSR count). The summed E-state index contributed by atoms with van der Waals surface area (Å²) in [7, 11) is 0. The summed E-state index contributed by atoms with van der Waals surface area (Å²) in [4.78, 5) is 27.6. The van der Waals surface area contributed by atoms with E-state index < -0.39 is 0 Å². The highest BCUT2D eigenvalue weighted by Gasteiger charge is 2.33. The van der Waals surface area contributed by atoms with Crippen molar-refractivity contribution in [1.82, 2.24) is 9.97 Å². The number of aromatic nitrogens is 2. The van der Waals surface area contributed by atoms with Crippen LogP contribution in [0, 0.1) is 0 Å². The van der Waals surface area contributed by atoms with Crippen molar-refractivity contribution in [3.05, 3.63) is 60.9 Å². The first-order chi connectivity index (χ1) is 14.2. The zero-order valence-corrected chi connectivity index (χ0v) is 17.1. The van der Waals surface area contributed by atoms with Crippen LogP contribution in [0.5, 0.6) is 0 Å². The van der Waals surface area contributed by atoms with E-state index >= 15 is 0 Å². The Balaban J connectivity index is 1.48. The van der Waals surface area contributed by atoms with Crippen LogP contribution in [0.15, 0.2) is 60.9 Å². The summed E-state index contributed by atoms with van der Waals surface area (Å²) in [5.41, 5.74) is 0.998. The number of nitrogens with one attached hydrogen (secondary N) is 1. The number of nitrogens with zero attached hydrogens (tertiary/aromatic N) is 4. The summed E-state index contributed by atoms with van der Waals surface area (Å²) in [5, 5.41) is 2.28. The predicted molar refractivity (Wildman–Crippen MR) is 116 cm³/mol. The van der Waals surface area contributed by atoms with Crippen molar-refractivity contribution in [3.63, 3.8) is 0 Å². The van der Waals surface area contributed by atoms with Crippen LogP contribution in [0.4, 0.5) is 11.6 Å². The number of quaternary nitrogens is 1. The minimum absolute atomic E-state index is 0.0900. The Kier molecular flexibility index (Phi) is 5.71. The number of fused-ring (bicyclic) bond motifs is 1. The Morgan fingerprint density at radius 1 is 1.07 bits per heavy atom. The number of rotatable bonds is 5. The number of anilines is 2. The van der Waals surface area contributed by atoms with Crippen LogP contribution in [-0.2, 0) is 4.79 Å². The second-order valence-corrected chi connectivity index (χ2v) is 7.50. The Labute approximate surface area is 171 Å². The van der Waals surface area contributed by atoms with E-state index in [-0.39, 0.29) is 11.9 Å². The SMILES string of the molecule is CCN(C(=O)[C@H](C)[NH+]1CCN(c2ncccn2)CC1)c1cccc2ccccc12. The van der Waals surface area contributed by atoms with E-state index in [2.05, 4.69) is 46.1 Å². The molecule has 1 aliphatic heterocycles. The quantitative estimate of drug-likeness (QED) is 0.722. The van der Waals surface area contributed by atoms with Crippen LogP contribution >= 0.6 is 0 Å². The van der Waals surface area contributed by atoms with E-state index in [0.717, 1.165) is 48.6 Å². The lowest BCUT2D eigenvalue weighted by molar-refractivity contribution is -0.914. The number of hydrogen-bond donors (Lipinski definition) is 1. The van der Waals surface area contributed by atoms with Crippen molar-refractivity contribution in [2.75, 3.05) is 42.5 Å². The molecule has 6 heteroatoms. The lowest BCUT2D eigenvalue weighted by atomic mass is 10.1. The highest BCUT2D eigenvalue weighted by molar-refractivity contribution is 6.04. The molecule has 1 N–H and O–H groups in total. The Hall–Kier alpha value is -2.99. The maximum absolute atomic E-state index is 13.4. The van der Waals surface area contributed by atoms with Gasteiger partial charge in [-0.3, -0.25) is 4.79 Å². The zero-order chi connectivity index (χ0) is 20.2. The highest BCUT2D eigenvalue weighted by Crippen LogP contribution is 2.27. The van der Waals surface area contributed by atoms with Crippen LogP contribution in [-0.4, -0.2) is 54.6 Å². The number of benzene rings is 2. The molecule has 1 saturated heterocycles. The van der Waals surface area contributed by atoms with Crippen LogP contribution < -0.4 is 14.7 Å². The summed E-state index contributed by atoms with van der Waals surface area (Å²) in [6, 6.07) is 16.2. The molecular formula is C23H28N5O+. The second-order valence-electron chi connectivity index (χ2n) is 7.50.